The van der Waals surface area contributed by atoms with Crippen molar-refractivity contribution in [1.82, 2.24) is 4.31 Å². The molecule has 2 fully saturated rings. The van der Waals surface area contributed by atoms with E-state index in [0.717, 1.165) is 51.1 Å². The highest BCUT2D eigenvalue weighted by molar-refractivity contribution is 7.89. The number of sulfonamides is 1. The average Bonchev–Trinajstić information content (AvgIpc) is 3.27. The molecule has 7 heteroatoms. The summed E-state index contributed by atoms with van der Waals surface area (Å²) in [7, 11) is -3.46. The predicted molar refractivity (Wildman–Crippen MR) is 112 cm³/mol. The highest BCUT2D eigenvalue weighted by atomic mass is 32.2. The quantitative estimate of drug-likeness (QED) is 0.753. The van der Waals surface area contributed by atoms with Crippen molar-refractivity contribution >= 4 is 15.8 Å². The van der Waals surface area contributed by atoms with Gasteiger partial charge in [-0.3, -0.25) is 5.32 Å². The molecule has 0 spiro atoms. The Bertz CT molecular complexity index is 873. The number of hydrogen-bond donors (Lipinski definition) is 1. The predicted octanol–water partition coefficient (Wildman–Crippen LogP) is 2.74. The van der Waals surface area contributed by atoms with Crippen LogP contribution in [0.15, 0.2) is 53.6 Å². The SMILES string of the molecule is O=S(=O)(c1ccc(NC[C@H]2CCCO2)[nH+]c1)N1CCC(Cc2ccccc2)CC1. The van der Waals surface area contributed by atoms with E-state index in [0.29, 0.717) is 23.9 Å². The summed E-state index contributed by atoms with van der Waals surface area (Å²) >= 11 is 0. The molecular formula is C22H30N3O3S+. The summed E-state index contributed by atoms with van der Waals surface area (Å²) in [5.41, 5.74) is 1.33. The third-order valence-corrected chi connectivity index (χ3v) is 7.80. The van der Waals surface area contributed by atoms with Crippen molar-refractivity contribution < 1.29 is 18.1 Å². The number of pyridine rings is 1. The number of H-pyrrole nitrogens is 1. The maximum absolute atomic E-state index is 13.0. The second kappa shape index (κ2) is 9.24. The Labute approximate surface area is 173 Å². The largest absolute Gasteiger partial charge is 0.374 e. The molecule has 1 aromatic heterocycles. The number of aromatic nitrogens is 1. The van der Waals surface area contributed by atoms with E-state index in [-0.39, 0.29) is 6.10 Å². The lowest BCUT2D eigenvalue weighted by atomic mass is 9.91. The van der Waals surface area contributed by atoms with Crippen LogP contribution < -0.4 is 10.3 Å². The zero-order valence-electron chi connectivity index (χ0n) is 16.7. The van der Waals surface area contributed by atoms with Gasteiger partial charge in [0.1, 0.15) is 17.6 Å². The first-order chi connectivity index (χ1) is 14.1. The van der Waals surface area contributed by atoms with Crippen LogP contribution in [0.4, 0.5) is 5.82 Å². The van der Waals surface area contributed by atoms with Crippen molar-refractivity contribution in [2.45, 2.75) is 43.1 Å². The lowest BCUT2D eigenvalue weighted by Crippen LogP contribution is -2.39. The van der Waals surface area contributed by atoms with Crippen LogP contribution in [0.2, 0.25) is 0 Å². The van der Waals surface area contributed by atoms with E-state index in [9.17, 15) is 8.42 Å². The summed E-state index contributed by atoms with van der Waals surface area (Å²) in [6.45, 7) is 2.73. The molecule has 0 amide bonds. The van der Waals surface area contributed by atoms with E-state index in [1.807, 2.05) is 6.07 Å². The van der Waals surface area contributed by atoms with Crippen LogP contribution in [-0.4, -0.2) is 45.1 Å². The molecule has 2 saturated heterocycles. The molecule has 1 atom stereocenters. The fourth-order valence-electron chi connectivity index (χ4n) is 4.16. The van der Waals surface area contributed by atoms with Crippen LogP contribution in [0.1, 0.15) is 31.2 Å². The van der Waals surface area contributed by atoms with Crippen LogP contribution in [0, 0.1) is 5.92 Å². The second-order valence-electron chi connectivity index (χ2n) is 7.99. The second-order valence-corrected chi connectivity index (χ2v) is 9.93. The van der Waals surface area contributed by atoms with E-state index in [1.165, 1.54) is 5.56 Å². The van der Waals surface area contributed by atoms with E-state index in [2.05, 4.69) is 34.6 Å². The lowest BCUT2D eigenvalue weighted by molar-refractivity contribution is -0.364. The van der Waals surface area contributed by atoms with Gasteiger partial charge in [0.05, 0.1) is 6.10 Å². The number of benzene rings is 1. The third-order valence-electron chi connectivity index (χ3n) is 5.91. The van der Waals surface area contributed by atoms with Gasteiger partial charge in [-0.15, -0.1) is 0 Å². The standard InChI is InChI=1S/C22H29N3O3S/c26-29(27,21-8-9-22(24-17-21)23-16-20-7-4-14-28-20)25-12-10-19(11-13-25)15-18-5-2-1-3-6-18/h1-3,5-6,8-9,17,19-20H,4,7,10-16H2,(H,23,24)/p+1/t20-/m1/s1. The normalized spacial score (nSPS) is 21.3. The number of nitrogens with zero attached hydrogens (tertiary/aromatic N) is 1. The first-order valence-corrected chi connectivity index (χ1v) is 12.0. The summed E-state index contributed by atoms with van der Waals surface area (Å²) in [5.74, 6) is 1.35. The molecule has 2 aromatic rings. The minimum atomic E-state index is -3.46. The van der Waals surface area contributed by atoms with Gasteiger partial charge in [-0.2, -0.15) is 4.31 Å². The smallest absolute Gasteiger partial charge is 0.272 e. The highest BCUT2D eigenvalue weighted by Gasteiger charge is 2.30. The Kier molecular flexibility index (Phi) is 6.47. The average molecular weight is 417 g/mol. The fraction of sp³-hybridized carbons (Fsp3) is 0.500. The van der Waals surface area contributed by atoms with Gasteiger partial charge in [0.2, 0.25) is 10.0 Å². The molecule has 156 valence electrons. The van der Waals surface area contributed by atoms with Crippen molar-refractivity contribution in [2.75, 3.05) is 31.6 Å². The molecule has 2 N–H and O–H groups in total. The summed E-state index contributed by atoms with van der Waals surface area (Å²) in [4.78, 5) is 3.40. The highest BCUT2D eigenvalue weighted by Crippen LogP contribution is 2.26. The Morgan fingerprint density at radius 3 is 2.52 bits per heavy atom. The number of rotatable bonds is 7. The van der Waals surface area contributed by atoms with Gasteiger partial charge in [-0.25, -0.2) is 13.4 Å². The summed E-state index contributed by atoms with van der Waals surface area (Å²) < 4.78 is 33.2. The van der Waals surface area contributed by atoms with E-state index in [1.54, 1.807) is 22.6 Å². The molecule has 0 aliphatic carbocycles. The fourth-order valence-corrected chi connectivity index (χ4v) is 5.60. The number of hydrogen-bond acceptors (Lipinski definition) is 4. The van der Waals surface area contributed by atoms with Crippen molar-refractivity contribution in [2.24, 2.45) is 5.92 Å². The Balaban J connectivity index is 1.31. The Morgan fingerprint density at radius 1 is 1.07 bits per heavy atom. The number of aromatic amines is 1. The number of ether oxygens (including phenoxy) is 1. The van der Waals surface area contributed by atoms with Gasteiger partial charge in [0, 0.05) is 25.8 Å². The summed E-state index contributed by atoms with van der Waals surface area (Å²) in [6.07, 6.45) is 6.83. The van der Waals surface area contributed by atoms with E-state index >= 15 is 0 Å². The molecule has 6 nitrogen and oxygen atoms in total. The van der Waals surface area contributed by atoms with Gasteiger partial charge >= 0.3 is 0 Å². The molecule has 1 aromatic carbocycles. The van der Waals surface area contributed by atoms with Gasteiger partial charge in [0.25, 0.3) is 5.82 Å². The van der Waals surface area contributed by atoms with Crippen LogP contribution in [-0.2, 0) is 21.2 Å². The van der Waals surface area contributed by atoms with Crippen molar-refractivity contribution in [1.29, 1.82) is 0 Å². The van der Waals surface area contributed by atoms with Gasteiger partial charge < -0.3 is 4.74 Å². The molecule has 0 unspecified atom stereocenters. The molecule has 4 rings (SSSR count). The maximum Gasteiger partial charge on any atom is 0.272 e. The monoisotopic (exact) mass is 416 g/mol. The molecular weight excluding hydrogens is 386 g/mol. The van der Waals surface area contributed by atoms with Crippen molar-refractivity contribution in [3.63, 3.8) is 0 Å². The molecule has 0 radical (unpaired) electrons. The topological polar surface area (TPSA) is 72.8 Å². The number of anilines is 1. The number of piperidine rings is 1. The summed E-state index contributed by atoms with van der Waals surface area (Å²) in [5, 5.41) is 3.28. The number of nitrogens with one attached hydrogen (secondary N) is 2. The van der Waals surface area contributed by atoms with Gasteiger partial charge in [-0.05, 0) is 49.7 Å². The molecule has 0 saturated carbocycles. The van der Waals surface area contributed by atoms with Gasteiger partial charge in [0.15, 0.2) is 0 Å². The van der Waals surface area contributed by atoms with Crippen molar-refractivity contribution in [3.05, 3.63) is 54.2 Å². The zero-order chi connectivity index (χ0) is 20.1. The minimum Gasteiger partial charge on any atom is -0.374 e. The van der Waals surface area contributed by atoms with Crippen LogP contribution in [0.3, 0.4) is 0 Å². The van der Waals surface area contributed by atoms with Crippen LogP contribution >= 0.6 is 0 Å². The first-order valence-electron chi connectivity index (χ1n) is 10.5. The third kappa shape index (κ3) is 5.15. The Hall–Kier alpha value is -1.96. The van der Waals surface area contributed by atoms with Crippen LogP contribution in [0.25, 0.3) is 0 Å². The zero-order valence-corrected chi connectivity index (χ0v) is 17.5. The lowest BCUT2D eigenvalue weighted by Gasteiger charge is -2.31. The van der Waals surface area contributed by atoms with Gasteiger partial charge in [-0.1, -0.05) is 30.3 Å². The van der Waals surface area contributed by atoms with Crippen molar-refractivity contribution in [3.8, 4) is 0 Å². The molecule has 2 aliphatic heterocycles. The maximum atomic E-state index is 13.0. The first kappa shape index (κ1) is 20.3. The van der Waals surface area contributed by atoms with E-state index < -0.39 is 10.0 Å². The van der Waals surface area contributed by atoms with Crippen LogP contribution in [0.5, 0.6) is 0 Å². The minimum absolute atomic E-state index is 0.240. The molecule has 29 heavy (non-hydrogen) atoms. The molecule has 0 bridgehead atoms. The molecule has 3 heterocycles. The molecule has 2 aliphatic rings. The summed E-state index contributed by atoms with van der Waals surface area (Å²) in [6, 6.07) is 13.9. The Morgan fingerprint density at radius 2 is 1.86 bits per heavy atom. The van der Waals surface area contributed by atoms with E-state index in [4.69, 9.17) is 4.74 Å².